The van der Waals surface area contributed by atoms with Crippen LogP contribution in [0.15, 0.2) is 78.9 Å². The number of carboxylic acids is 8. The molecule has 0 aliphatic carbocycles. The van der Waals surface area contributed by atoms with E-state index in [1.165, 1.54) is 12.1 Å². The summed E-state index contributed by atoms with van der Waals surface area (Å²) in [5.74, 6) is -11.3. The molecular formula is C71H88O25. The van der Waals surface area contributed by atoms with E-state index in [1.807, 2.05) is 6.07 Å². The third-order valence-corrected chi connectivity index (χ3v) is 15.4. The fraction of sp³-hybridized carbons (Fsp3) is 0.465. The number of carboxylic acid groups (broad SMARTS) is 8. The third kappa shape index (κ3) is 26.5. The predicted molar refractivity (Wildman–Crippen MR) is 349 cm³/mol. The molecule has 9 N–H and O–H groups in total. The molecule has 0 saturated heterocycles. The van der Waals surface area contributed by atoms with Gasteiger partial charge in [0, 0.05) is 6.61 Å². The van der Waals surface area contributed by atoms with Gasteiger partial charge in [-0.3, -0.25) is 0 Å². The summed E-state index contributed by atoms with van der Waals surface area (Å²) < 4.78 is 45.9. The van der Waals surface area contributed by atoms with Crippen LogP contribution in [-0.2, 0) is 6.61 Å². The van der Waals surface area contributed by atoms with Gasteiger partial charge in [-0.15, -0.1) is 0 Å². The molecule has 0 unspecified atom stereocenters. The van der Waals surface area contributed by atoms with Crippen molar-refractivity contribution in [2.24, 2.45) is 0 Å². The highest BCUT2D eigenvalue weighted by atomic mass is 16.5. The SMILES string of the molecule is O=C(O)c1cc(OCCCCCCCCOc2cc(C(=O)O)c(OCCCCCCCCOc3cc(C(=O)O)c(OCCCCCCCCOc4cc(C(=O)O)c(OCc5ccccc5)cc4C(=O)O)cc3C(=O)O)cc2C(=O)O)c(C(=O)O)cc1OCCCCCCCCO. The zero-order valence-electron chi connectivity index (χ0n) is 53.9. The first-order valence-corrected chi connectivity index (χ1v) is 32.6. The number of carbonyl (C=O) groups is 8. The van der Waals surface area contributed by atoms with Crippen LogP contribution in [0.1, 0.15) is 243 Å². The van der Waals surface area contributed by atoms with E-state index in [1.54, 1.807) is 24.3 Å². The zero-order valence-corrected chi connectivity index (χ0v) is 53.9. The second kappa shape index (κ2) is 42.5. The predicted octanol–water partition coefficient (Wildman–Crippen LogP) is 14.0. The number of benzene rings is 5. The van der Waals surface area contributed by atoms with Gasteiger partial charge < -0.3 is 83.9 Å². The lowest BCUT2D eigenvalue weighted by atomic mass is 10.1. The molecule has 0 bridgehead atoms. The van der Waals surface area contributed by atoms with E-state index < -0.39 is 47.8 Å². The Labute approximate surface area is 556 Å². The summed E-state index contributed by atoms with van der Waals surface area (Å²) in [5.41, 5.74) is -1.16. The van der Waals surface area contributed by atoms with Gasteiger partial charge in [0.05, 0.1) is 46.2 Å². The maximum Gasteiger partial charge on any atom is 0.339 e. The molecule has 0 aliphatic rings. The highest BCUT2D eigenvalue weighted by Gasteiger charge is 2.26. The molecule has 0 spiro atoms. The summed E-state index contributed by atoms with van der Waals surface area (Å²) >= 11 is 0. The van der Waals surface area contributed by atoms with Crippen molar-refractivity contribution in [1.82, 2.24) is 0 Å². The van der Waals surface area contributed by atoms with Crippen molar-refractivity contribution >= 4 is 47.8 Å². The largest absolute Gasteiger partial charge is 0.493 e. The average Bonchev–Trinajstić information content (AvgIpc) is 0.847. The second-order valence-corrected chi connectivity index (χ2v) is 22.7. The van der Waals surface area contributed by atoms with Gasteiger partial charge in [0.15, 0.2) is 0 Å². The Morgan fingerprint density at radius 1 is 0.229 bits per heavy atom. The van der Waals surface area contributed by atoms with E-state index in [9.17, 15) is 79.2 Å². The zero-order chi connectivity index (χ0) is 69.6. The van der Waals surface area contributed by atoms with Crippen molar-refractivity contribution in [1.29, 1.82) is 0 Å². The highest BCUT2D eigenvalue weighted by Crippen LogP contribution is 2.35. The molecule has 5 rings (SSSR count). The fourth-order valence-electron chi connectivity index (χ4n) is 10.2. The number of ether oxygens (including phenoxy) is 8. The van der Waals surface area contributed by atoms with Gasteiger partial charge in [0.2, 0.25) is 0 Å². The average molecular weight is 1340 g/mol. The molecule has 522 valence electrons. The van der Waals surface area contributed by atoms with E-state index >= 15 is 0 Å². The smallest absolute Gasteiger partial charge is 0.339 e. The quantitative estimate of drug-likeness (QED) is 0.0163. The van der Waals surface area contributed by atoms with E-state index in [4.69, 9.17) is 43.0 Å². The molecule has 0 aromatic heterocycles. The molecule has 0 heterocycles. The van der Waals surface area contributed by atoms with Crippen LogP contribution in [0.3, 0.4) is 0 Å². The van der Waals surface area contributed by atoms with Crippen LogP contribution in [0, 0.1) is 0 Å². The van der Waals surface area contributed by atoms with Crippen molar-refractivity contribution in [3.05, 3.63) is 129 Å². The lowest BCUT2D eigenvalue weighted by molar-refractivity contribution is 0.0672. The molecule has 0 fully saturated rings. The Morgan fingerprint density at radius 3 is 0.573 bits per heavy atom. The van der Waals surface area contributed by atoms with Crippen molar-refractivity contribution in [2.45, 2.75) is 161 Å². The van der Waals surface area contributed by atoms with Crippen LogP contribution in [0.5, 0.6) is 46.0 Å². The van der Waals surface area contributed by atoms with Gasteiger partial charge in [-0.1, -0.05) is 133 Å². The van der Waals surface area contributed by atoms with Crippen LogP contribution in [0.2, 0.25) is 0 Å². The van der Waals surface area contributed by atoms with E-state index in [2.05, 4.69) is 0 Å². The summed E-state index contributed by atoms with van der Waals surface area (Å²) in [4.78, 5) is 97.1. The Morgan fingerprint density at radius 2 is 0.396 bits per heavy atom. The van der Waals surface area contributed by atoms with Crippen LogP contribution < -0.4 is 37.9 Å². The van der Waals surface area contributed by atoms with Crippen LogP contribution in [0.4, 0.5) is 0 Å². The minimum Gasteiger partial charge on any atom is -0.493 e. The molecule has 5 aromatic rings. The summed E-state index contributed by atoms with van der Waals surface area (Å²) in [7, 11) is 0. The standard InChI is InChI=1S/C71H88O25/c72-30-20-9-1-2-10-21-31-89-56-38-49(65(75)76)57(39-48(56)64(73)74)90-32-22-11-3-4-12-23-33-91-58-40-51(67(79)80)59(41-50(58)66(77)78)92-34-24-13-5-6-14-25-35-93-60-42-53(69(83)84)61(43-52(60)68(81)82)94-36-26-15-7-8-16-27-37-95-62-44-55(71(87)88)63(45-54(62)70(85)86)96-46-47-28-18-17-19-29-47/h17-19,28-29,38-45,72H,1-16,20-27,30-37,46H2,(H,73,74)(H,75,76)(H,77,78)(H,79,80)(H,81,82)(H,83,84)(H,85,86)(H,87,88). The third-order valence-electron chi connectivity index (χ3n) is 15.4. The molecule has 0 atom stereocenters. The van der Waals surface area contributed by atoms with Gasteiger partial charge in [0.1, 0.15) is 97.1 Å². The highest BCUT2D eigenvalue weighted by molar-refractivity contribution is 6.00. The minimum atomic E-state index is -1.33. The number of aromatic carboxylic acids is 8. The first kappa shape index (κ1) is 76.9. The number of hydrogen-bond acceptors (Lipinski definition) is 17. The minimum absolute atomic E-state index is 0.0383. The molecular weight excluding hydrogens is 1250 g/mol. The molecule has 96 heavy (non-hydrogen) atoms. The van der Waals surface area contributed by atoms with Gasteiger partial charge in [-0.25, -0.2) is 38.4 Å². The summed E-state index contributed by atoms with van der Waals surface area (Å²) in [6.07, 6.45) is 17.2. The Hall–Kier alpha value is -9.78. The van der Waals surface area contributed by atoms with Crippen molar-refractivity contribution < 1.29 is 122 Å². The number of unbranched alkanes of at least 4 members (excludes halogenated alkanes) is 20. The lowest BCUT2D eigenvalue weighted by Gasteiger charge is -2.15. The normalized spacial score (nSPS) is 10.9. The van der Waals surface area contributed by atoms with E-state index in [0.717, 1.165) is 119 Å². The van der Waals surface area contributed by atoms with Gasteiger partial charge in [-0.05, 0) is 105 Å². The lowest BCUT2D eigenvalue weighted by Crippen LogP contribution is -2.10. The summed E-state index contributed by atoms with van der Waals surface area (Å²) in [5, 5.41) is 88.1. The topological polar surface area (TPSA) is 392 Å². The first-order chi connectivity index (χ1) is 46.3. The number of hydrogen-bond donors (Lipinski definition) is 9. The molecule has 0 saturated carbocycles. The van der Waals surface area contributed by atoms with Gasteiger partial charge in [0.25, 0.3) is 0 Å². The Kier molecular flexibility index (Phi) is 34.1. The monoisotopic (exact) mass is 1340 g/mol. The number of aliphatic hydroxyl groups excluding tert-OH is 1. The van der Waals surface area contributed by atoms with E-state index in [0.29, 0.717) is 77.0 Å². The van der Waals surface area contributed by atoms with Gasteiger partial charge in [-0.2, -0.15) is 0 Å². The molecule has 25 heteroatoms. The summed E-state index contributed by atoms with van der Waals surface area (Å²) in [6, 6.07) is 18.2. The van der Waals surface area contributed by atoms with Crippen molar-refractivity contribution in [3.8, 4) is 46.0 Å². The Balaban J connectivity index is 0.941. The van der Waals surface area contributed by atoms with Gasteiger partial charge >= 0.3 is 47.8 Å². The molecule has 0 amide bonds. The van der Waals surface area contributed by atoms with Crippen LogP contribution in [0.25, 0.3) is 0 Å². The number of rotatable bonds is 53. The Bertz CT molecular complexity index is 3340. The van der Waals surface area contributed by atoms with Crippen LogP contribution >= 0.6 is 0 Å². The van der Waals surface area contributed by atoms with Crippen molar-refractivity contribution in [3.63, 3.8) is 0 Å². The fourth-order valence-corrected chi connectivity index (χ4v) is 10.2. The molecule has 5 aromatic carbocycles. The van der Waals surface area contributed by atoms with Crippen LogP contribution in [-0.4, -0.2) is 147 Å². The van der Waals surface area contributed by atoms with Crippen molar-refractivity contribution in [2.75, 3.05) is 52.9 Å². The second-order valence-electron chi connectivity index (χ2n) is 22.7. The summed E-state index contributed by atoms with van der Waals surface area (Å²) in [6.45, 7) is 1.13. The van der Waals surface area contributed by atoms with E-state index in [-0.39, 0.29) is 150 Å². The first-order valence-electron chi connectivity index (χ1n) is 32.6. The molecule has 25 nitrogen and oxygen atoms in total. The molecule has 0 aliphatic heterocycles. The maximum absolute atomic E-state index is 12.3. The maximum atomic E-state index is 12.3. The number of aliphatic hydroxyl groups is 1. The molecule has 0 radical (unpaired) electrons.